The van der Waals surface area contributed by atoms with E-state index in [4.69, 9.17) is 21.6 Å². The number of amides is 1. The fraction of sp³-hybridized carbons (Fsp3) is 0.121. The topological polar surface area (TPSA) is 92.2 Å². The zero-order chi connectivity index (χ0) is 28.2. The Morgan fingerprint density at radius 2 is 1.71 bits per heavy atom. The molecule has 5 aromatic rings. The molecule has 0 unspecified atom stereocenters. The lowest BCUT2D eigenvalue weighted by molar-refractivity contribution is 0.0954. The normalized spacial score (nSPS) is 11.7. The maximum atomic E-state index is 14.8. The average molecular weight is 579 g/mol. The summed E-state index contributed by atoms with van der Waals surface area (Å²) in [6, 6.07) is 23.0. The van der Waals surface area contributed by atoms with Crippen LogP contribution in [0.1, 0.15) is 40.0 Å². The third-order valence-electron chi connectivity index (χ3n) is 6.74. The van der Waals surface area contributed by atoms with Gasteiger partial charge in [0, 0.05) is 63.7 Å². The Hall–Kier alpha value is -4.95. The predicted octanol–water partition coefficient (Wildman–Crippen LogP) is 7.03. The molecule has 0 saturated carbocycles. The summed E-state index contributed by atoms with van der Waals surface area (Å²) in [6.07, 6.45) is 5.93. The molecule has 0 aliphatic carbocycles. The van der Waals surface area contributed by atoms with E-state index < -0.39 is 0 Å². The van der Waals surface area contributed by atoms with Gasteiger partial charge in [-0.2, -0.15) is 0 Å². The molecular formula is C33H28ClFN6O. The van der Waals surface area contributed by atoms with Gasteiger partial charge in [-0.15, -0.1) is 0 Å². The van der Waals surface area contributed by atoms with E-state index in [1.54, 1.807) is 73.2 Å². The summed E-state index contributed by atoms with van der Waals surface area (Å²) in [7, 11) is 0. The van der Waals surface area contributed by atoms with E-state index in [1.165, 1.54) is 6.07 Å². The first-order valence-electron chi connectivity index (χ1n) is 13.0. The van der Waals surface area contributed by atoms with E-state index in [9.17, 15) is 9.18 Å². The molecule has 9 heteroatoms. The van der Waals surface area contributed by atoms with Crippen molar-refractivity contribution in [2.24, 2.45) is 4.99 Å². The lowest BCUT2D eigenvalue weighted by atomic mass is 9.95. The number of hydrogen-bond acceptors (Lipinski definition) is 6. The first-order valence-corrected chi connectivity index (χ1v) is 13.4. The monoisotopic (exact) mass is 578 g/mol. The van der Waals surface area contributed by atoms with Crippen LogP contribution in [0, 0.1) is 5.82 Å². The van der Waals surface area contributed by atoms with Crippen LogP contribution in [0.5, 0.6) is 0 Å². The highest BCUT2D eigenvalue weighted by Crippen LogP contribution is 2.34. The van der Waals surface area contributed by atoms with Crippen molar-refractivity contribution in [2.45, 2.75) is 20.4 Å². The van der Waals surface area contributed by atoms with Crippen molar-refractivity contribution in [3.05, 3.63) is 136 Å². The van der Waals surface area contributed by atoms with Crippen molar-refractivity contribution >= 4 is 34.9 Å². The third-order valence-corrected chi connectivity index (χ3v) is 6.98. The summed E-state index contributed by atoms with van der Waals surface area (Å²) in [5, 5.41) is 6.68. The van der Waals surface area contributed by atoms with Crippen LogP contribution in [0.2, 0.25) is 5.02 Å². The number of aliphatic imine (C=N–C) groups is 1. The van der Waals surface area contributed by atoms with Crippen molar-refractivity contribution in [3.8, 4) is 11.3 Å². The van der Waals surface area contributed by atoms with Crippen LogP contribution in [0.4, 0.5) is 16.0 Å². The molecule has 7 nitrogen and oxygen atoms in total. The fourth-order valence-corrected chi connectivity index (χ4v) is 4.85. The highest BCUT2D eigenvalue weighted by molar-refractivity contribution is 6.31. The van der Waals surface area contributed by atoms with Gasteiger partial charge in [0.2, 0.25) is 5.95 Å². The van der Waals surface area contributed by atoms with Gasteiger partial charge >= 0.3 is 0 Å². The number of anilines is 2. The molecule has 3 heterocycles. The number of halogens is 2. The van der Waals surface area contributed by atoms with Crippen LogP contribution in [-0.2, 0) is 13.0 Å². The molecular weight excluding hydrogens is 551 g/mol. The first kappa shape index (κ1) is 28.6. The second kappa shape index (κ2) is 12.7. The Morgan fingerprint density at radius 1 is 0.929 bits per heavy atom. The second-order valence-electron chi connectivity index (χ2n) is 9.47. The summed E-state index contributed by atoms with van der Waals surface area (Å²) >= 11 is 6.35. The SMILES string of the molecule is C.O=C(NCCc1ccncc1)c1ccc(Nc2ncc3c(n2)-c2ccc(Cl)cc2C(c2ccccc2F)=NC3)cc1. The Balaban J connectivity index is 0.00000353. The molecule has 210 valence electrons. The third kappa shape index (κ3) is 6.19. The lowest BCUT2D eigenvalue weighted by Crippen LogP contribution is -2.25. The summed E-state index contributed by atoms with van der Waals surface area (Å²) in [5.41, 5.74) is 6.29. The number of aromatic nitrogens is 3. The minimum Gasteiger partial charge on any atom is -0.352 e. The molecule has 0 spiro atoms. The molecule has 0 saturated heterocycles. The highest BCUT2D eigenvalue weighted by atomic mass is 35.5. The van der Waals surface area contributed by atoms with Gasteiger partial charge in [-0.1, -0.05) is 37.2 Å². The van der Waals surface area contributed by atoms with E-state index in [0.717, 1.165) is 28.8 Å². The number of fused-ring (bicyclic) bond motifs is 3. The molecule has 0 bridgehead atoms. The van der Waals surface area contributed by atoms with Gasteiger partial charge in [0.1, 0.15) is 5.82 Å². The molecule has 0 fully saturated rings. The zero-order valence-electron chi connectivity index (χ0n) is 21.8. The molecule has 42 heavy (non-hydrogen) atoms. The number of hydrogen-bond donors (Lipinski definition) is 2. The van der Waals surface area contributed by atoms with Crippen LogP contribution >= 0.6 is 11.6 Å². The van der Waals surface area contributed by atoms with E-state index in [2.05, 4.69) is 20.6 Å². The molecule has 0 radical (unpaired) electrons. The van der Waals surface area contributed by atoms with Crippen LogP contribution in [-0.4, -0.2) is 33.1 Å². The van der Waals surface area contributed by atoms with Crippen LogP contribution < -0.4 is 10.6 Å². The van der Waals surface area contributed by atoms with Crippen molar-refractivity contribution in [2.75, 3.05) is 11.9 Å². The van der Waals surface area contributed by atoms with Crippen LogP contribution in [0.15, 0.2) is 102 Å². The van der Waals surface area contributed by atoms with Gasteiger partial charge in [-0.25, -0.2) is 14.4 Å². The number of carbonyl (C=O) groups excluding carboxylic acids is 1. The Morgan fingerprint density at radius 3 is 2.50 bits per heavy atom. The Bertz CT molecular complexity index is 1760. The largest absolute Gasteiger partial charge is 0.352 e. The summed E-state index contributed by atoms with van der Waals surface area (Å²) in [5.74, 6) is -0.121. The minimum atomic E-state index is -0.359. The number of carbonyl (C=O) groups is 1. The van der Waals surface area contributed by atoms with Crippen molar-refractivity contribution in [1.82, 2.24) is 20.3 Å². The van der Waals surface area contributed by atoms with Gasteiger partial charge in [-0.05, 0) is 72.6 Å². The molecule has 0 atom stereocenters. The van der Waals surface area contributed by atoms with Crippen molar-refractivity contribution < 1.29 is 9.18 Å². The smallest absolute Gasteiger partial charge is 0.251 e. The number of benzene rings is 3. The van der Waals surface area contributed by atoms with Gasteiger partial charge < -0.3 is 10.6 Å². The zero-order valence-corrected chi connectivity index (χ0v) is 22.6. The maximum absolute atomic E-state index is 14.8. The molecule has 2 aromatic heterocycles. The molecule has 1 amide bonds. The highest BCUT2D eigenvalue weighted by Gasteiger charge is 2.23. The van der Waals surface area contributed by atoms with Gasteiger partial charge in [0.15, 0.2) is 0 Å². The van der Waals surface area contributed by atoms with Crippen molar-refractivity contribution in [3.63, 3.8) is 0 Å². The van der Waals surface area contributed by atoms with E-state index in [0.29, 0.717) is 45.6 Å². The standard InChI is InChI=1S/C32H24ClFN6O.CH4/c33-23-7-10-25-27(17-23)30(26-3-1-2-4-28(26)34)37-18-22-19-38-32(40-29(22)25)39-24-8-5-21(6-9-24)31(41)36-16-13-20-11-14-35-15-12-20;/h1-12,14-15,17,19H,13,16,18H2,(H,36,41)(H,38,39,40);1H4. The van der Waals surface area contributed by atoms with E-state index in [1.807, 2.05) is 18.2 Å². The van der Waals surface area contributed by atoms with Gasteiger partial charge in [-0.3, -0.25) is 14.8 Å². The Labute approximate surface area is 248 Å². The van der Waals surface area contributed by atoms with E-state index >= 15 is 0 Å². The summed E-state index contributed by atoms with van der Waals surface area (Å²) < 4.78 is 14.8. The lowest BCUT2D eigenvalue weighted by Gasteiger charge is -2.13. The quantitative estimate of drug-likeness (QED) is 0.216. The summed E-state index contributed by atoms with van der Waals surface area (Å²) in [6.45, 7) is 0.817. The predicted molar refractivity (Wildman–Crippen MR) is 165 cm³/mol. The van der Waals surface area contributed by atoms with Crippen LogP contribution in [0.25, 0.3) is 11.3 Å². The fourth-order valence-electron chi connectivity index (χ4n) is 4.67. The number of rotatable bonds is 7. The number of nitrogens with zero attached hydrogens (tertiary/aromatic N) is 4. The van der Waals surface area contributed by atoms with E-state index in [-0.39, 0.29) is 25.7 Å². The van der Waals surface area contributed by atoms with Crippen LogP contribution in [0.3, 0.4) is 0 Å². The maximum Gasteiger partial charge on any atom is 0.251 e. The minimum absolute atomic E-state index is 0. The molecule has 2 N–H and O–H groups in total. The number of nitrogens with one attached hydrogen (secondary N) is 2. The number of pyridine rings is 1. The van der Waals surface area contributed by atoms with Crippen molar-refractivity contribution in [1.29, 1.82) is 0 Å². The Kier molecular flexibility index (Phi) is 8.64. The second-order valence-corrected chi connectivity index (χ2v) is 9.90. The molecule has 1 aliphatic heterocycles. The average Bonchev–Trinajstić information content (AvgIpc) is 3.14. The van der Waals surface area contributed by atoms with Gasteiger partial charge in [0.25, 0.3) is 5.91 Å². The summed E-state index contributed by atoms with van der Waals surface area (Å²) in [4.78, 5) is 30.6. The molecule has 1 aliphatic rings. The molecule has 3 aromatic carbocycles. The first-order chi connectivity index (χ1) is 20.0. The molecule has 6 rings (SSSR count). The van der Waals surface area contributed by atoms with Gasteiger partial charge in [0.05, 0.1) is 18.0 Å².